The lowest BCUT2D eigenvalue weighted by Crippen LogP contribution is -2.41. The Bertz CT molecular complexity index is 686. The minimum absolute atomic E-state index is 0.0221. The lowest BCUT2D eigenvalue weighted by Gasteiger charge is -2.14. The number of hydrogen-bond acceptors (Lipinski definition) is 6. The number of fused-ring (bicyclic) bond motifs is 1. The molecule has 0 atom stereocenters. The number of ether oxygens (including phenoxy) is 1. The molecule has 3 N–H and O–H groups in total. The van der Waals surface area contributed by atoms with Crippen LogP contribution in [0.2, 0.25) is 0 Å². The van der Waals surface area contributed by atoms with Crippen LogP contribution in [0.15, 0.2) is 23.1 Å². The molecule has 1 aromatic carbocycles. The van der Waals surface area contributed by atoms with Crippen LogP contribution >= 0.6 is 0 Å². The molecule has 0 aromatic heterocycles. The van der Waals surface area contributed by atoms with Gasteiger partial charge in [-0.25, -0.2) is 12.7 Å². The van der Waals surface area contributed by atoms with E-state index in [0.29, 0.717) is 10.9 Å². The van der Waals surface area contributed by atoms with Crippen LogP contribution in [0.5, 0.6) is 0 Å². The molecular formula is C12H15N3O5S. The predicted molar refractivity (Wildman–Crippen MR) is 74.0 cm³/mol. The summed E-state index contributed by atoms with van der Waals surface area (Å²) < 4.78 is 29.8. The van der Waals surface area contributed by atoms with E-state index in [4.69, 9.17) is 10.5 Å². The predicted octanol–water partition coefficient (Wildman–Crippen LogP) is -0.824. The Labute approximate surface area is 121 Å². The Kier molecular flexibility index (Phi) is 4.14. The van der Waals surface area contributed by atoms with E-state index in [1.807, 2.05) is 0 Å². The van der Waals surface area contributed by atoms with Crippen molar-refractivity contribution in [2.75, 3.05) is 32.5 Å². The minimum atomic E-state index is -4.03. The van der Waals surface area contributed by atoms with E-state index < -0.39 is 28.4 Å². The molecule has 0 saturated heterocycles. The molecule has 0 saturated carbocycles. The number of sulfonamides is 1. The number of amides is 2. The number of hydrogen-bond donors (Lipinski definition) is 2. The molecule has 0 unspecified atom stereocenters. The fourth-order valence-electron chi connectivity index (χ4n) is 1.93. The molecule has 1 aliphatic rings. The number of nitrogens with zero attached hydrogens (tertiary/aromatic N) is 1. The van der Waals surface area contributed by atoms with Gasteiger partial charge in [-0.2, -0.15) is 0 Å². The zero-order valence-electron chi connectivity index (χ0n) is 11.3. The number of nitrogen functional groups attached to an aromatic ring is 1. The molecular weight excluding hydrogens is 298 g/mol. The second-order valence-electron chi connectivity index (χ2n) is 4.42. The maximum absolute atomic E-state index is 12.3. The van der Waals surface area contributed by atoms with Crippen molar-refractivity contribution in [2.45, 2.75) is 4.90 Å². The van der Waals surface area contributed by atoms with E-state index in [1.165, 1.54) is 25.3 Å². The van der Waals surface area contributed by atoms with Gasteiger partial charge in [0.25, 0.3) is 15.9 Å². The van der Waals surface area contributed by atoms with E-state index >= 15 is 0 Å². The Morgan fingerprint density at radius 3 is 2.81 bits per heavy atom. The van der Waals surface area contributed by atoms with Gasteiger partial charge in [0.1, 0.15) is 11.4 Å². The Morgan fingerprint density at radius 1 is 1.43 bits per heavy atom. The van der Waals surface area contributed by atoms with Gasteiger partial charge in [0.15, 0.2) is 0 Å². The van der Waals surface area contributed by atoms with E-state index in [0.717, 1.165) is 0 Å². The van der Waals surface area contributed by atoms with Crippen LogP contribution in [0.1, 0.15) is 10.4 Å². The number of rotatable bonds is 5. The van der Waals surface area contributed by atoms with Gasteiger partial charge < -0.3 is 15.8 Å². The van der Waals surface area contributed by atoms with E-state index in [1.54, 1.807) is 0 Å². The molecule has 114 valence electrons. The van der Waals surface area contributed by atoms with Crippen molar-refractivity contribution in [3.8, 4) is 0 Å². The first-order valence-electron chi connectivity index (χ1n) is 6.10. The van der Waals surface area contributed by atoms with Gasteiger partial charge in [0.2, 0.25) is 5.91 Å². The molecule has 0 spiro atoms. The lowest BCUT2D eigenvalue weighted by molar-refractivity contribution is -0.121. The number of benzene rings is 1. The van der Waals surface area contributed by atoms with Gasteiger partial charge in [0, 0.05) is 19.3 Å². The van der Waals surface area contributed by atoms with Crippen LogP contribution in [-0.4, -0.2) is 51.3 Å². The minimum Gasteiger partial charge on any atom is -0.399 e. The first kappa shape index (κ1) is 15.3. The summed E-state index contributed by atoms with van der Waals surface area (Å²) in [5, 5.41) is 2.46. The summed E-state index contributed by atoms with van der Waals surface area (Å²) in [6.45, 7) is -0.0417. The lowest BCUT2D eigenvalue weighted by atomic mass is 10.2. The molecule has 0 aliphatic carbocycles. The van der Waals surface area contributed by atoms with Crippen LogP contribution in [0.3, 0.4) is 0 Å². The van der Waals surface area contributed by atoms with Crippen molar-refractivity contribution < 1.29 is 22.7 Å². The van der Waals surface area contributed by atoms with Crippen molar-refractivity contribution in [3.05, 3.63) is 23.8 Å². The summed E-state index contributed by atoms with van der Waals surface area (Å²) in [4.78, 5) is 23.6. The maximum Gasteiger partial charge on any atom is 0.269 e. The Hall–Kier alpha value is -2.13. The van der Waals surface area contributed by atoms with Crippen LogP contribution in [0.4, 0.5) is 5.69 Å². The highest BCUT2D eigenvalue weighted by Crippen LogP contribution is 2.31. The summed E-state index contributed by atoms with van der Waals surface area (Å²) in [5.41, 5.74) is 5.79. The van der Waals surface area contributed by atoms with Crippen LogP contribution in [0, 0.1) is 0 Å². The van der Waals surface area contributed by atoms with Crippen molar-refractivity contribution in [3.63, 3.8) is 0 Å². The molecule has 0 radical (unpaired) electrons. The highest BCUT2D eigenvalue weighted by Gasteiger charge is 2.42. The third kappa shape index (κ3) is 2.83. The third-order valence-corrected chi connectivity index (χ3v) is 4.71. The largest absolute Gasteiger partial charge is 0.399 e. The van der Waals surface area contributed by atoms with Crippen LogP contribution in [-0.2, 0) is 19.6 Å². The molecule has 8 nitrogen and oxygen atoms in total. The van der Waals surface area contributed by atoms with Crippen LogP contribution < -0.4 is 11.1 Å². The summed E-state index contributed by atoms with van der Waals surface area (Å²) in [6, 6.07) is 3.99. The summed E-state index contributed by atoms with van der Waals surface area (Å²) in [5.74, 6) is -1.31. The molecule has 2 rings (SSSR count). The van der Waals surface area contributed by atoms with Crippen molar-refractivity contribution in [2.24, 2.45) is 0 Å². The number of nitrogens with one attached hydrogen (secondary N) is 1. The average molecular weight is 313 g/mol. The normalized spacial score (nSPS) is 15.9. The zero-order valence-corrected chi connectivity index (χ0v) is 12.1. The zero-order chi connectivity index (χ0) is 15.6. The topological polar surface area (TPSA) is 119 Å². The van der Waals surface area contributed by atoms with Gasteiger partial charge in [0.05, 0.1) is 12.2 Å². The van der Waals surface area contributed by atoms with Gasteiger partial charge >= 0.3 is 0 Å². The molecule has 0 fully saturated rings. The quantitative estimate of drug-likeness (QED) is 0.541. The molecule has 1 heterocycles. The smallest absolute Gasteiger partial charge is 0.269 e. The summed E-state index contributed by atoms with van der Waals surface area (Å²) in [7, 11) is -2.56. The monoisotopic (exact) mass is 313 g/mol. The van der Waals surface area contributed by atoms with Crippen molar-refractivity contribution in [1.82, 2.24) is 9.62 Å². The number of anilines is 1. The average Bonchev–Trinajstić information content (AvgIpc) is 2.60. The Morgan fingerprint density at radius 2 is 2.14 bits per heavy atom. The second-order valence-corrected chi connectivity index (χ2v) is 6.25. The SMILES string of the molecule is COCCNC(=O)CN1C(=O)c2ccc(N)cc2S1(=O)=O. The summed E-state index contributed by atoms with van der Waals surface area (Å²) >= 11 is 0. The number of nitrogens with two attached hydrogens (primary N) is 1. The van der Waals surface area contributed by atoms with Crippen LogP contribution in [0.25, 0.3) is 0 Å². The van der Waals surface area contributed by atoms with E-state index in [-0.39, 0.29) is 22.7 Å². The van der Waals surface area contributed by atoms with Gasteiger partial charge in [-0.05, 0) is 18.2 Å². The molecule has 1 aliphatic heterocycles. The fraction of sp³-hybridized carbons (Fsp3) is 0.333. The highest BCUT2D eigenvalue weighted by molar-refractivity contribution is 7.90. The van der Waals surface area contributed by atoms with E-state index in [2.05, 4.69) is 5.32 Å². The van der Waals surface area contributed by atoms with Gasteiger partial charge in [-0.3, -0.25) is 9.59 Å². The number of carbonyl (C=O) groups excluding carboxylic acids is 2. The number of carbonyl (C=O) groups is 2. The van der Waals surface area contributed by atoms with Gasteiger partial charge in [-0.15, -0.1) is 0 Å². The summed E-state index contributed by atoms with van der Waals surface area (Å²) in [6.07, 6.45) is 0. The maximum atomic E-state index is 12.3. The number of methoxy groups -OCH3 is 1. The standard InChI is InChI=1S/C12H15N3O5S/c1-20-5-4-14-11(16)7-15-12(17)9-3-2-8(13)6-10(9)21(15,18)19/h2-3,6H,4-5,7,13H2,1H3,(H,14,16). The molecule has 21 heavy (non-hydrogen) atoms. The molecule has 9 heteroatoms. The fourth-order valence-corrected chi connectivity index (χ4v) is 3.49. The Balaban J connectivity index is 2.20. The second kappa shape index (κ2) is 5.70. The highest BCUT2D eigenvalue weighted by atomic mass is 32.2. The molecule has 1 aromatic rings. The van der Waals surface area contributed by atoms with Gasteiger partial charge in [-0.1, -0.05) is 0 Å². The van der Waals surface area contributed by atoms with E-state index in [9.17, 15) is 18.0 Å². The van der Waals surface area contributed by atoms with Crippen molar-refractivity contribution >= 4 is 27.5 Å². The first-order valence-corrected chi connectivity index (χ1v) is 7.54. The third-order valence-electron chi connectivity index (χ3n) is 2.95. The molecule has 0 bridgehead atoms. The molecule has 2 amide bonds. The first-order chi connectivity index (χ1) is 9.87. The van der Waals surface area contributed by atoms with Crippen molar-refractivity contribution in [1.29, 1.82) is 0 Å².